The predicted octanol–water partition coefficient (Wildman–Crippen LogP) is 3.82. The summed E-state index contributed by atoms with van der Waals surface area (Å²) in [4.78, 5) is 19.5. The van der Waals surface area contributed by atoms with Crippen LogP contribution in [0.3, 0.4) is 0 Å². The van der Waals surface area contributed by atoms with E-state index in [4.69, 9.17) is 22.4 Å². The molecule has 152 valence electrons. The maximum Gasteiger partial charge on any atom is 0.417 e. The largest absolute Gasteiger partial charge is 0.417 e. The van der Waals surface area contributed by atoms with Crippen LogP contribution < -0.4 is 0 Å². The third kappa shape index (κ3) is 4.24. The fraction of sp³-hybridized carbons (Fsp3) is 0.263. The summed E-state index contributed by atoms with van der Waals surface area (Å²) in [6, 6.07) is 6.65. The number of aryl methyl sites for hydroxylation is 1. The average Bonchev–Trinajstić information content (AvgIpc) is 2.66. The molecule has 0 aliphatic carbocycles. The van der Waals surface area contributed by atoms with Crippen molar-refractivity contribution in [2.75, 3.05) is 19.6 Å². The van der Waals surface area contributed by atoms with E-state index < -0.39 is 22.7 Å². The molecule has 0 spiro atoms. The minimum atomic E-state index is -4.67. The number of aromatic nitrogens is 1. The van der Waals surface area contributed by atoms with E-state index in [0.717, 1.165) is 17.7 Å². The van der Waals surface area contributed by atoms with E-state index in [2.05, 4.69) is 4.98 Å². The van der Waals surface area contributed by atoms with E-state index in [0.29, 0.717) is 5.69 Å². The first-order valence-electron chi connectivity index (χ1n) is 8.61. The number of rotatable bonds is 2. The van der Waals surface area contributed by atoms with Gasteiger partial charge < -0.3 is 9.80 Å². The van der Waals surface area contributed by atoms with Crippen molar-refractivity contribution in [2.45, 2.75) is 13.1 Å². The first-order valence-corrected chi connectivity index (χ1v) is 8.99. The molecular formula is C19H17ClF3N5O. The van der Waals surface area contributed by atoms with Gasteiger partial charge in [0.1, 0.15) is 11.5 Å². The second-order valence-electron chi connectivity index (χ2n) is 6.56. The SMILES string of the molecule is Cc1ccc(C(=N)N2CCN(C(=O)c3cccc(C(F)(F)F)c3Cl)CC2=N)nc1. The molecule has 2 N–H and O–H groups in total. The molecule has 29 heavy (non-hydrogen) atoms. The van der Waals surface area contributed by atoms with Crippen LogP contribution in [0.25, 0.3) is 0 Å². The van der Waals surface area contributed by atoms with Gasteiger partial charge in [-0.15, -0.1) is 0 Å². The summed E-state index contributed by atoms with van der Waals surface area (Å²) in [6.45, 7) is 1.99. The number of carbonyl (C=O) groups is 1. The molecule has 1 aromatic carbocycles. The van der Waals surface area contributed by atoms with E-state index in [1.807, 2.05) is 6.92 Å². The van der Waals surface area contributed by atoms with Crippen molar-refractivity contribution < 1.29 is 18.0 Å². The lowest BCUT2D eigenvalue weighted by Gasteiger charge is -2.36. The molecule has 1 saturated heterocycles. The zero-order valence-corrected chi connectivity index (χ0v) is 16.1. The van der Waals surface area contributed by atoms with Crippen LogP contribution in [-0.4, -0.2) is 52.0 Å². The van der Waals surface area contributed by atoms with Gasteiger partial charge in [-0.2, -0.15) is 13.2 Å². The molecule has 10 heteroatoms. The van der Waals surface area contributed by atoms with Crippen LogP contribution in [0.15, 0.2) is 36.5 Å². The highest BCUT2D eigenvalue weighted by Gasteiger charge is 2.36. The highest BCUT2D eigenvalue weighted by atomic mass is 35.5. The number of alkyl halides is 3. The van der Waals surface area contributed by atoms with Crippen molar-refractivity contribution in [3.05, 3.63) is 63.9 Å². The van der Waals surface area contributed by atoms with Gasteiger partial charge in [-0.3, -0.25) is 20.6 Å². The summed E-state index contributed by atoms with van der Waals surface area (Å²) in [5.41, 5.74) is -0.0185. The monoisotopic (exact) mass is 423 g/mol. The Labute approximate surface area is 169 Å². The molecule has 1 amide bonds. The smallest absolute Gasteiger partial charge is 0.329 e. The summed E-state index contributed by atoms with van der Waals surface area (Å²) in [5, 5.41) is 15.8. The third-order valence-corrected chi connectivity index (χ3v) is 4.91. The number of nitrogens with one attached hydrogen (secondary N) is 2. The normalized spacial score (nSPS) is 14.9. The molecule has 0 bridgehead atoms. The fourth-order valence-electron chi connectivity index (χ4n) is 2.95. The summed E-state index contributed by atoms with van der Waals surface area (Å²) < 4.78 is 39.1. The number of benzene rings is 1. The Morgan fingerprint density at radius 3 is 2.52 bits per heavy atom. The van der Waals surface area contributed by atoms with Gasteiger partial charge >= 0.3 is 6.18 Å². The van der Waals surface area contributed by atoms with Crippen LogP contribution in [0.4, 0.5) is 13.2 Å². The predicted molar refractivity (Wildman–Crippen MR) is 103 cm³/mol. The van der Waals surface area contributed by atoms with Crippen molar-refractivity contribution in [2.24, 2.45) is 0 Å². The van der Waals surface area contributed by atoms with E-state index in [-0.39, 0.29) is 36.9 Å². The van der Waals surface area contributed by atoms with E-state index in [1.54, 1.807) is 18.3 Å². The van der Waals surface area contributed by atoms with Gasteiger partial charge in [0, 0.05) is 19.3 Å². The van der Waals surface area contributed by atoms with Crippen LogP contribution in [0.1, 0.15) is 27.2 Å². The first kappa shape index (κ1) is 20.8. The maximum atomic E-state index is 13.0. The van der Waals surface area contributed by atoms with Crippen LogP contribution in [0.2, 0.25) is 5.02 Å². The van der Waals surface area contributed by atoms with Gasteiger partial charge in [0.25, 0.3) is 5.91 Å². The lowest BCUT2D eigenvalue weighted by atomic mass is 10.1. The Balaban J connectivity index is 1.76. The molecule has 1 fully saturated rings. The molecule has 0 radical (unpaired) electrons. The molecule has 0 unspecified atom stereocenters. The van der Waals surface area contributed by atoms with E-state index in [1.165, 1.54) is 15.9 Å². The standard InChI is InChI=1S/C19H17ClF3N5O/c1-11-5-6-14(26-9-11)17(25)28-8-7-27(10-15(28)24)18(29)12-3-2-4-13(16(12)20)19(21,22)23/h2-6,9,24-25H,7-8,10H2,1H3. The second kappa shape index (κ2) is 7.82. The molecule has 1 aliphatic rings. The number of amides is 1. The number of carbonyl (C=O) groups excluding carboxylic acids is 1. The number of nitrogens with zero attached hydrogens (tertiary/aromatic N) is 3. The Kier molecular flexibility index (Phi) is 5.61. The molecule has 2 aromatic rings. The average molecular weight is 424 g/mol. The van der Waals surface area contributed by atoms with E-state index in [9.17, 15) is 18.0 Å². The van der Waals surface area contributed by atoms with Crippen molar-refractivity contribution in [3.8, 4) is 0 Å². The van der Waals surface area contributed by atoms with Crippen molar-refractivity contribution in [3.63, 3.8) is 0 Å². The number of amidine groups is 2. The summed E-state index contributed by atoms with van der Waals surface area (Å²) in [5.74, 6) is -0.690. The zero-order valence-electron chi connectivity index (χ0n) is 15.3. The van der Waals surface area contributed by atoms with Crippen molar-refractivity contribution in [1.82, 2.24) is 14.8 Å². The molecule has 3 rings (SSSR count). The number of piperazine rings is 1. The number of halogens is 4. The van der Waals surface area contributed by atoms with Gasteiger partial charge in [0.15, 0.2) is 5.84 Å². The van der Waals surface area contributed by atoms with Gasteiger partial charge in [0.2, 0.25) is 0 Å². The quantitative estimate of drug-likeness (QED) is 0.569. The lowest BCUT2D eigenvalue weighted by Crippen LogP contribution is -2.54. The number of hydrogen-bond acceptors (Lipinski definition) is 4. The van der Waals surface area contributed by atoms with Crippen molar-refractivity contribution >= 4 is 29.2 Å². The van der Waals surface area contributed by atoms with Crippen LogP contribution >= 0.6 is 11.6 Å². The molecule has 0 atom stereocenters. The zero-order chi connectivity index (χ0) is 21.3. The number of hydrogen-bond donors (Lipinski definition) is 2. The lowest BCUT2D eigenvalue weighted by molar-refractivity contribution is -0.137. The molecular weight excluding hydrogens is 407 g/mol. The molecule has 0 saturated carbocycles. The Morgan fingerprint density at radius 2 is 1.93 bits per heavy atom. The summed E-state index contributed by atoms with van der Waals surface area (Å²) >= 11 is 5.84. The summed E-state index contributed by atoms with van der Waals surface area (Å²) in [7, 11) is 0. The van der Waals surface area contributed by atoms with Gasteiger partial charge in [0.05, 0.1) is 22.7 Å². The van der Waals surface area contributed by atoms with Crippen LogP contribution in [0, 0.1) is 17.7 Å². The summed E-state index contributed by atoms with van der Waals surface area (Å²) in [6.07, 6.45) is -3.06. The Hall–Kier alpha value is -2.94. The second-order valence-corrected chi connectivity index (χ2v) is 6.94. The van der Waals surface area contributed by atoms with Crippen LogP contribution in [0.5, 0.6) is 0 Å². The highest BCUT2D eigenvalue weighted by molar-refractivity contribution is 6.34. The Morgan fingerprint density at radius 1 is 1.21 bits per heavy atom. The minimum absolute atomic E-state index is 0.0270. The van der Waals surface area contributed by atoms with Gasteiger partial charge in [-0.25, -0.2) is 0 Å². The third-order valence-electron chi connectivity index (χ3n) is 4.51. The number of pyridine rings is 1. The first-order chi connectivity index (χ1) is 13.6. The maximum absolute atomic E-state index is 13.0. The Bertz CT molecular complexity index is 975. The topological polar surface area (TPSA) is 84.1 Å². The molecule has 6 nitrogen and oxygen atoms in total. The highest BCUT2D eigenvalue weighted by Crippen LogP contribution is 2.36. The van der Waals surface area contributed by atoms with Gasteiger partial charge in [-0.1, -0.05) is 23.7 Å². The minimum Gasteiger partial charge on any atom is -0.329 e. The molecule has 1 aliphatic heterocycles. The van der Waals surface area contributed by atoms with E-state index >= 15 is 0 Å². The molecule has 2 heterocycles. The fourth-order valence-corrected chi connectivity index (χ4v) is 3.27. The van der Waals surface area contributed by atoms with Crippen molar-refractivity contribution in [1.29, 1.82) is 10.8 Å². The van der Waals surface area contributed by atoms with Crippen LogP contribution in [-0.2, 0) is 6.18 Å². The molecule has 1 aromatic heterocycles. The van der Waals surface area contributed by atoms with Gasteiger partial charge in [-0.05, 0) is 30.7 Å².